The van der Waals surface area contributed by atoms with Gasteiger partial charge in [-0.25, -0.2) is 4.98 Å². The van der Waals surface area contributed by atoms with E-state index >= 15 is 0 Å². The van der Waals surface area contributed by atoms with Gasteiger partial charge in [-0.15, -0.1) is 28.1 Å². The monoisotopic (exact) mass is 455 g/mol. The van der Waals surface area contributed by atoms with Crippen LogP contribution in [0.2, 0.25) is 0 Å². The van der Waals surface area contributed by atoms with Gasteiger partial charge in [0, 0.05) is 22.4 Å². The number of thiophene rings is 1. The average Bonchev–Trinajstić information content (AvgIpc) is 3.44. The van der Waals surface area contributed by atoms with Crippen molar-refractivity contribution in [3.63, 3.8) is 0 Å². The Kier molecular flexibility index (Phi) is 6.31. The Bertz CT molecular complexity index is 1160. The molecule has 154 valence electrons. The van der Waals surface area contributed by atoms with Crippen LogP contribution in [0.1, 0.15) is 24.6 Å². The first-order chi connectivity index (χ1) is 14.5. The number of thioether (sulfide) groups is 1. The number of anilines is 1. The molecule has 0 saturated heterocycles. The number of benzene rings is 1. The summed E-state index contributed by atoms with van der Waals surface area (Å²) < 4.78 is 3.04. The summed E-state index contributed by atoms with van der Waals surface area (Å²) in [6, 6.07) is 9.98. The fourth-order valence-electron chi connectivity index (χ4n) is 2.89. The highest BCUT2D eigenvalue weighted by Gasteiger charge is 2.17. The van der Waals surface area contributed by atoms with Crippen molar-refractivity contribution >= 4 is 55.7 Å². The molecular formula is C21H21N5OS3. The highest BCUT2D eigenvalue weighted by molar-refractivity contribution is 7.99. The molecule has 0 atom stereocenters. The zero-order chi connectivity index (χ0) is 21.1. The molecule has 30 heavy (non-hydrogen) atoms. The van der Waals surface area contributed by atoms with E-state index in [2.05, 4.69) is 52.4 Å². The summed E-state index contributed by atoms with van der Waals surface area (Å²) in [7, 11) is 0. The number of fused-ring (bicyclic) bond motifs is 1. The third kappa shape index (κ3) is 4.48. The molecule has 0 aliphatic heterocycles. The van der Waals surface area contributed by atoms with Gasteiger partial charge in [-0.05, 0) is 24.1 Å². The number of amides is 1. The van der Waals surface area contributed by atoms with E-state index in [1.54, 1.807) is 11.3 Å². The molecule has 1 aromatic carbocycles. The minimum atomic E-state index is -0.119. The van der Waals surface area contributed by atoms with Gasteiger partial charge in [0.1, 0.15) is 0 Å². The van der Waals surface area contributed by atoms with Crippen LogP contribution in [0.4, 0.5) is 5.13 Å². The van der Waals surface area contributed by atoms with Crippen molar-refractivity contribution in [2.75, 3.05) is 11.1 Å². The van der Waals surface area contributed by atoms with Crippen LogP contribution in [0, 0.1) is 0 Å². The van der Waals surface area contributed by atoms with Gasteiger partial charge >= 0.3 is 0 Å². The predicted molar refractivity (Wildman–Crippen MR) is 127 cm³/mol. The molecule has 0 radical (unpaired) electrons. The van der Waals surface area contributed by atoms with E-state index in [-0.39, 0.29) is 11.7 Å². The molecule has 3 heterocycles. The largest absolute Gasteiger partial charge is 0.301 e. The van der Waals surface area contributed by atoms with Crippen LogP contribution < -0.4 is 5.32 Å². The molecule has 0 saturated carbocycles. The summed E-state index contributed by atoms with van der Waals surface area (Å²) in [6.45, 7) is 8.78. The third-order valence-electron chi connectivity index (χ3n) is 4.35. The van der Waals surface area contributed by atoms with Crippen molar-refractivity contribution in [3.05, 3.63) is 53.2 Å². The molecule has 6 nitrogen and oxygen atoms in total. The Morgan fingerprint density at radius 1 is 1.33 bits per heavy atom. The van der Waals surface area contributed by atoms with Crippen LogP contribution in [0.25, 0.3) is 21.6 Å². The molecule has 9 heteroatoms. The van der Waals surface area contributed by atoms with Gasteiger partial charge in [-0.1, -0.05) is 55.2 Å². The normalized spacial score (nSPS) is 11.3. The van der Waals surface area contributed by atoms with Crippen molar-refractivity contribution in [1.82, 2.24) is 19.7 Å². The summed E-state index contributed by atoms with van der Waals surface area (Å²) in [5, 5.41) is 15.0. The predicted octanol–water partition coefficient (Wildman–Crippen LogP) is 5.66. The van der Waals surface area contributed by atoms with Gasteiger partial charge in [-0.3, -0.25) is 9.36 Å². The highest BCUT2D eigenvalue weighted by Crippen LogP contribution is 2.31. The highest BCUT2D eigenvalue weighted by atomic mass is 32.2. The number of para-hydroxylation sites is 1. The summed E-state index contributed by atoms with van der Waals surface area (Å²) in [5.41, 5.74) is 1.93. The van der Waals surface area contributed by atoms with E-state index in [9.17, 15) is 4.79 Å². The van der Waals surface area contributed by atoms with E-state index in [1.165, 1.54) is 28.0 Å². The molecule has 1 amide bonds. The maximum atomic E-state index is 12.4. The number of nitrogens with one attached hydrogen (secondary N) is 1. The van der Waals surface area contributed by atoms with E-state index in [0.717, 1.165) is 21.6 Å². The number of aromatic nitrogens is 4. The molecule has 0 unspecified atom stereocenters. The fraction of sp³-hybridized carbons (Fsp3) is 0.238. The van der Waals surface area contributed by atoms with Crippen molar-refractivity contribution in [2.24, 2.45) is 0 Å². The zero-order valence-corrected chi connectivity index (χ0v) is 19.1. The Balaban J connectivity index is 1.46. The van der Waals surface area contributed by atoms with E-state index < -0.39 is 0 Å². The average molecular weight is 456 g/mol. The van der Waals surface area contributed by atoms with E-state index in [4.69, 9.17) is 0 Å². The first kappa shape index (κ1) is 20.8. The third-order valence-corrected chi connectivity index (χ3v) is 7.50. The van der Waals surface area contributed by atoms with Gasteiger partial charge in [0.05, 0.1) is 16.0 Å². The van der Waals surface area contributed by atoms with E-state index in [0.29, 0.717) is 22.8 Å². The number of carbonyl (C=O) groups is 1. The summed E-state index contributed by atoms with van der Waals surface area (Å²) in [4.78, 5) is 18.2. The fourth-order valence-corrected chi connectivity index (χ4v) is 5.42. The van der Waals surface area contributed by atoms with Crippen molar-refractivity contribution in [1.29, 1.82) is 0 Å². The van der Waals surface area contributed by atoms with Crippen LogP contribution in [-0.4, -0.2) is 31.4 Å². The molecule has 3 aromatic heterocycles. The molecule has 0 aliphatic carbocycles. The van der Waals surface area contributed by atoms with Crippen LogP contribution in [0.5, 0.6) is 0 Å². The first-order valence-electron chi connectivity index (χ1n) is 9.46. The van der Waals surface area contributed by atoms with E-state index in [1.807, 2.05) is 34.9 Å². The standard InChI is InChI=1S/C21H21N5OS3/c1-4-9-26-19(14-10-17(13(2)3)28-11-14)24-25-21(26)29-12-18(27)23-20-22-15-7-5-6-8-16(15)30-20/h4-8,10-11,13H,1,9,12H2,2-3H3,(H,22,23,27). The van der Waals surface area contributed by atoms with Crippen LogP contribution in [0.3, 0.4) is 0 Å². The number of nitrogens with zero attached hydrogens (tertiary/aromatic N) is 4. The van der Waals surface area contributed by atoms with Gasteiger partial charge in [-0.2, -0.15) is 0 Å². The lowest BCUT2D eigenvalue weighted by atomic mass is 10.1. The second kappa shape index (κ2) is 9.11. The van der Waals surface area contributed by atoms with Crippen LogP contribution in [0.15, 0.2) is 53.5 Å². The van der Waals surface area contributed by atoms with Gasteiger partial charge < -0.3 is 5.32 Å². The minimum absolute atomic E-state index is 0.119. The van der Waals surface area contributed by atoms with Crippen LogP contribution in [-0.2, 0) is 11.3 Å². The number of allylic oxidation sites excluding steroid dienone is 1. The lowest BCUT2D eigenvalue weighted by Crippen LogP contribution is -2.14. The zero-order valence-electron chi connectivity index (χ0n) is 16.7. The minimum Gasteiger partial charge on any atom is -0.301 e. The Hall–Kier alpha value is -2.49. The molecule has 0 bridgehead atoms. The van der Waals surface area contributed by atoms with Gasteiger partial charge in [0.25, 0.3) is 0 Å². The summed E-state index contributed by atoms with van der Waals surface area (Å²) in [5.74, 6) is 1.38. The van der Waals surface area contributed by atoms with Crippen molar-refractivity contribution < 1.29 is 4.79 Å². The number of rotatable bonds is 8. The maximum Gasteiger partial charge on any atom is 0.236 e. The molecule has 0 aliphatic rings. The second-order valence-corrected chi connectivity index (χ2v) is 9.84. The molecule has 4 rings (SSSR count). The van der Waals surface area contributed by atoms with Crippen LogP contribution >= 0.6 is 34.4 Å². The Morgan fingerprint density at radius 2 is 2.17 bits per heavy atom. The molecule has 0 spiro atoms. The maximum absolute atomic E-state index is 12.4. The number of hydrogen-bond acceptors (Lipinski definition) is 7. The lowest BCUT2D eigenvalue weighted by molar-refractivity contribution is -0.113. The summed E-state index contributed by atoms with van der Waals surface area (Å²) >= 11 is 4.55. The first-order valence-corrected chi connectivity index (χ1v) is 12.1. The quantitative estimate of drug-likeness (QED) is 0.274. The lowest BCUT2D eigenvalue weighted by Gasteiger charge is -2.06. The van der Waals surface area contributed by atoms with Gasteiger partial charge in [0.15, 0.2) is 16.1 Å². The smallest absolute Gasteiger partial charge is 0.236 e. The molecular weight excluding hydrogens is 434 g/mol. The SMILES string of the molecule is C=CCn1c(SCC(=O)Nc2nc3ccccc3s2)nnc1-c1csc(C(C)C)c1. The second-order valence-electron chi connectivity index (χ2n) is 6.92. The number of hydrogen-bond donors (Lipinski definition) is 1. The Labute approximate surface area is 187 Å². The van der Waals surface area contributed by atoms with Crippen molar-refractivity contribution in [2.45, 2.75) is 31.5 Å². The number of carbonyl (C=O) groups excluding carboxylic acids is 1. The molecule has 1 N–H and O–H groups in total. The van der Waals surface area contributed by atoms with Gasteiger partial charge in [0.2, 0.25) is 5.91 Å². The molecule has 4 aromatic rings. The Morgan fingerprint density at radius 3 is 2.90 bits per heavy atom. The number of thiazole rings is 1. The topological polar surface area (TPSA) is 72.7 Å². The molecule has 0 fully saturated rings. The summed E-state index contributed by atoms with van der Waals surface area (Å²) in [6.07, 6.45) is 1.81. The van der Waals surface area contributed by atoms with Crippen molar-refractivity contribution in [3.8, 4) is 11.4 Å².